The Morgan fingerprint density at radius 1 is 1.40 bits per heavy atom. The lowest BCUT2D eigenvalue weighted by Crippen LogP contribution is -2.14. The number of pyridine rings is 1. The van der Waals surface area contributed by atoms with Crippen molar-refractivity contribution < 1.29 is 4.79 Å². The molecule has 104 valence electrons. The van der Waals surface area contributed by atoms with Gasteiger partial charge < -0.3 is 11.1 Å². The average molecular weight is 308 g/mol. The quantitative estimate of drug-likeness (QED) is 0.850. The molecule has 0 fully saturated rings. The van der Waals surface area contributed by atoms with E-state index in [1.165, 1.54) is 11.8 Å². The Kier molecular flexibility index (Phi) is 4.87. The predicted octanol–water partition coefficient (Wildman–Crippen LogP) is 3.36. The van der Waals surface area contributed by atoms with Gasteiger partial charge in [-0.2, -0.15) is 0 Å². The summed E-state index contributed by atoms with van der Waals surface area (Å²) in [5.41, 5.74) is 7.17. The van der Waals surface area contributed by atoms with E-state index in [2.05, 4.69) is 10.3 Å². The minimum atomic E-state index is -0.0910. The minimum absolute atomic E-state index is 0.0910. The minimum Gasteiger partial charge on any atom is -0.384 e. The maximum atomic E-state index is 11.8. The van der Waals surface area contributed by atoms with Gasteiger partial charge in [0.1, 0.15) is 5.82 Å². The Labute approximate surface area is 126 Å². The second kappa shape index (κ2) is 6.63. The molecule has 0 atom stereocenters. The standard InChI is InChI=1S/C14H14ClN3OS/c1-9-2-3-10(6-12(9)15)18-14(19)8-20-11-4-5-13(16)17-7-11/h2-7H,8H2,1H3,(H2,16,17)(H,18,19). The lowest BCUT2D eigenvalue weighted by molar-refractivity contribution is -0.113. The molecule has 0 aliphatic heterocycles. The van der Waals surface area contributed by atoms with Crippen molar-refractivity contribution in [2.24, 2.45) is 0 Å². The van der Waals surface area contributed by atoms with E-state index < -0.39 is 0 Å². The normalized spacial score (nSPS) is 10.3. The van der Waals surface area contributed by atoms with E-state index in [1.807, 2.05) is 25.1 Å². The Balaban J connectivity index is 1.89. The van der Waals surface area contributed by atoms with Crippen molar-refractivity contribution in [2.75, 3.05) is 16.8 Å². The van der Waals surface area contributed by atoms with Crippen LogP contribution in [0.15, 0.2) is 41.4 Å². The number of aryl methyl sites for hydroxylation is 1. The maximum absolute atomic E-state index is 11.8. The zero-order valence-corrected chi connectivity index (χ0v) is 12.5. The maximum Gasteiger partial charge on any atom is 0.234 e. The fourth-order valence-electron chi connectivity index (χ4n) is 1.49. The first kappa shape index (κ1) is 14.7. The molecule has 1 heterocycles. The van der Waals surface area contributed by atoms with Gasteiger partial charge in [0.25, 0.3) is 0 Å². The van der Waals surface area contributed by atoms with E-state index in [1.54, 1.807) is 18.3 Å². The monoisotopic (exact) mass is 307 g/mol. The van der Waals surface area contributed by atoms with Crippen molar-refractivity contribution in [3.8, 4) is 0 Å². The van der Waals surface area contributed by atoms with Gasteiger partial charge in [0, 0.05) is 21.8 Å². The summed E-state index contributed by atoms with van der Waals surface area (Å²) in [6, 6.07) is 8.98. The molecule has 2 rings (SSSR count). The Hall–Kier alpha value is -1.72. The second-order valence-electron chi connectivity index (χ2n) is 4.22. The molecule has 0 unspecified atom stereocenters. The van der Waals surface area contributed by atoms with Crippen LogP contribution in [0.2, 0.25) is 5.02 Å². The van der Waals surface area contributed by atoms with Crippen molar-refractivity contribution in [3.05, 3.63) is 47.1 Å². The molecule has 4 nitrogen and oxygen atoms in total. The molecule has 0 radical (unpaired) electrons. The molecule has 1 aromatic carbocycles. The molecule has 0 aliphatic carbocycles. The van der Waals surface area contributed by atoms with Gasteiger partial charge in [-0.05, 0) is 36.8 Å². The first-order valence-corrected chi connectivity index (χ1v) is 7.31. The molecule has 20 heavy (non-hydrogen) atoms. The van der Waals surface area contributed by atoms with Gasteiger partial charge >= 0.3 is 0 Å². The van der Waals surface area contributed by atoms with Gasteiger partial charge in [0.15, 0.2) is 0 Å². The van der Waals surface area contributed by atoms with Crippen LogP contribution in [0.3, 0.4) is 0 Å². The van der Waals surface area contributed by atoms with Crippen LogP contribution in [0.5, 0.6) is 0 Å². The van der Waals surface area contributed by atoms with Gasteiger partial charge in [0.2, 0.25) is 5.91 Å². The number of carbonyl (C=O) groups excluding carboxylic acids is 1. The number of carbonyl (C=O) groups is 1. The molecule has 0 saturated carbocycles. The lowest BCUT2D eigenvalue weighted by atomic mass is 10.2. The molecule has 0 bridgehead atoms. The molecule has 2 aromatic rings. The number of nitrogens with two attached hydrogens (primary N) is 1. The van der Waals surface area contributed by atoms with Gasteiger partial charge in [-0.1, -0.05) is 17.7 Å². The van der Waals surface area contributed by atoms with Gasteiger partial charge in [-0.3, -0.25) is 4.79 Å². The van der Waals surface area contributed by atoms with Gasteiger partial charge in [-0.25, -0.2) is 4.98 Å². The number of halogens is 1. The van der Waals surface area contributed by atoms with Crippen LogP contribution < -0.4 is 11.1 Å². The van der Waals surface area contributed by atoms with E-state index in [0.29, 0.717) is 22.3 Å². The summed E-state index contributed by atoms with van der Waals surface area (Å²) < 4.78 is 0. The fourth-order valence-corrected chi connectivity index (χ4v) is 2.34. The van der Waals surface area contributed by atoms with Crippen molar-refractivity contribution in [3.63, 3.8) is 0 Å². The molecule has 0 spiro atoms. The SMILES string of the molecule is Cc1ccc(NC(=O)CSc2ccc(N)nc2)cc1Cl. The molecular weight excluding hydrogens is 294 g/mol. The number of aromatic nitrogens is 1. The number of anilines is 2. The number of hydrogen-bond donors (Lipinski definition) is 2. The fraction of sp³-hybridized carbons (Fsp3) is 0.143. The molecule has 0 aliphatic rings. The van der Waals surface area contributed by atoms with E-state index in [9.17, 15) is 4.79 Å². The summed E-state index contributed by atoms with van der Waals surface area (Å²) >= 11 is 7.41. The summed E-state index contributed by atoms with van der Waals surface area (Å²) in [6.45, 7) is 1.91. The first-order chi connectivity index (χ1) is 9.54. The van der Waals surface area contributed by atoms with Crippen molar-refractivity contribution in [1.29, 1.82) is 0 Å². The Morgan fingerprint density at radius 3 is 2.85 bits per heavy atom. The van der Waals surface area contributed by atoms with Crippen LogP contribution in [-0.2, 0) is 4.79 Å². The molecular formula is C14H14ClN3OS. The summed E-state index contributed by atoms with van der Waals surface area (Å²) in [7, 11) is 0. The third kappa shape index (κ3) is 4.15. The Morgan fingerprint density at radius 2 is 2.20 bits per heavy atom. The first-order valence-electron chi connectivity index (χ1n) is 5.95. The molecule has 1 amide bonds. The van der Waals surface area contributed by atoms with Crippen LogP contribution in [0.25, 0.3) is 0 Å². The van der Waals surface area contributed by atoms with E-state index in [4.69, 9.17) is 17.3 Å². The molecule has 6 heteroatoms. The van der Waals surface area contributed by atoms with Crippen molar-refractivity contribution in [1.82, 2.24) is 4.98 Å². The van der Waals surface area contributed by atoms with Crippen molar-refractivity contribution >= 4 is 40.8 Å². The number of nitrogen functional groups attached to an aromatic ring is 1. The summed E-state index contributed by atoms with van der Waals surface area (Å²) in [4.78, 5) is 16.7. The highest BCUT2D eigenvalue weighted by Crippen LogP contribution is 2.21. The predicted molar refractivity (Wildman–Crippen MR) is 84.2 cm³/mol. The third-order valence-electron chi connectivity index (χ3n) is 2.58. The smallest absolute Gasteiger partial charge is 0.234 e. The zero-order chi connectivity index (χ0) is 14.5. The number of nitrogens with one attached hydrogen (secondary N) is 1. The number of thioether (sulfide) groups is 1. The van der Waals surface area contributed by atoms with E-state index >= 15 is 0 Å². The highest BCUT2D eigenvalue weighted by Gasteiger charge is 2.05. The third-order valence-corrected chi connectivity index (χ3v) is 3.97. The Bertz CT molecular complexity index is 616. The number of benzene rings is 1. The lowest BCUT2D eigenvalue weighted by Gasteiger charge is -2.06. The highest BCUT2D eigenvalue weighted by molar-refractivity contribution is 8.00. The number of nitrogens with zero attached hydrogens (tertiary/aromatic N) is 1. The molecule has 3 N–H and O–H groups in total. The van der Waals surface area contributed by atoms with Gasteiger partial charge in [-0.15, -0.1) is 11.8 Å². The summed E-state index contributed by atoms with van der Waals surface area (Å²) in [5.74, 6) is 0.678. The second-order valence-corrected chi connectivity index (χ2v) is 5.68. The molecule has 0 saturated heterocycles. The van der Waals surface area contributed by atoms with E-state index in [0.717, 1.165) is 10.5 Å². The topological polar surface area (TPSA) is 68.0 Å². The molecule has 1 aromatic heterocycles. The van der Waals surface area contributed by atoms with Crippen molar-refractivity contribution in [2.45, 2.75) is 11.8 Å². The number of rotatable bonds is 4. The average Bonchev–Trinajstić information content (AvgIpc) is 2.42. The highest BCUT2D eigenvalue weighted by atomic mass is 35.5. The van der Waals surface area contributed by atoms with Crippen LogP contribution in [0.1, 0.15) is 5.56 Å². The summed E-state index contributed by atoms with van der Waals surface area (Å²) in [6.07, 6.45) is 1.65. The zero-order valence-electron chi connectivity index (χ0n) is 10.9. The largest absolute Gasteiger partial charge is 0.384 e. The van der Waals surface area contributed by atoms with E-state index in [-0.39, 0.29) is 5.91 Å². The van der Waals surface area contributed by atoms with Crippen LogP contribution in [0.4, 0.5) is 11.5 Å². The van der Waals surface area contributed by atoms with Crippen LogP contribution in [0, 0.1) is 6.92 Å². The van der Waals surface area contributed by atoms with Crippen LogP contribution >= 0.6 is 23.4 Å². The van der Waals surface area contributed by atoms with Gasteiger partial charge in [0.05, 0.1) is 5.75 Å². The summed E-state index contributed by atoms with van der Waals surface area (Å²) in [5, 5.41) is 3.44. The van der Waals surface area contributed by atoms with Crippen LogP contribution in [-0.4, -0.2) is 16.6 Å². The number of hydrogen-bond acceptors (Lipinski definition) is 4. The number of amides is 1.